The molecule has 1 aromatic heterocycles. The van der Waals surface area contributed by atoms with Gasteiger partial charge in [0.1, 0.15) is 12.9 Å². The van der Waals surface area contributed by atoms with Gasteiger partial charge in [-0.3, -0.25) is 4.79 Å². The van der Waals surface area contributed by atoms with Gasteiger partial charge < -0.3 is 11.1 Å². The van der Waals surface area contributed by atoms with Crippen molar-refractivity contribution in [3.63, 3.8) is 0 Å². The molecule has 6 heteroatoms. The fraction of sp³-hybridized carbons (Fsp3) is 0.444. The number of hydrogen-bond acceptors (Lipinski definition) is 4. The molecule has 0 aliphatic carbocycles. The van der Waals surface area contributed by atoms with Crippen LogP contribution in [0.25, 0.3) is 0 Å². The number of aryl methyl sites for hydroxylation is 2. The maximum Gasteiger partial charge on any atom is 0.242 e. The Bertz CT molecular complexity index is 596. The summed E-state index contributed by atoms with van der Waals surface area (Å²) in [6.07, 6.45) is 7.24. The van der Waals surface area contributed by atoms with Crippen LogP contribution in [0.1, 0.15) is 37.1 Å². The lowest BCUT2D eigenvalue weighted by molar-refractivity contribution is -0.121. The first-order valence-corrected chi connectivity index (χ1v) is 8.51. The Morgan fingerprint density at radius 1 is 1.17 bits per heavy atom. The molecule has 0 saturated carbocycles. The maximum absolute atomic E-state index is 11.8. The van der Waals surface area contributed by atoms with Crippen LogP contribution in [0.4, 0.5) is 0 Å². The normalized spacial score (nSPS) is 10.7. The third-order valence-electron chi connectivity index (χ3n) is 3.66. The molecule has 0 bridgehead atoms. The zero-order valence-corrected chi connectivity index (χ0v) is 14.0. The number of benzene rings is 1. The molecule has 0 atom stereocenters. The average Bonchev–Trinajstić information content (AvgIpc) is 3.03. The second-order valence-electron chi connectivity index (χ2n) is 5.75. The van der Waals surface area contributed by atoms with E-state index in [1.165, 1.54) is 5.56 Å². The van der Waals surface area contributed by atoms with Crippen molar-refractivity contribution in [2.75, 3.05) is 6.54 Å². The summed E-state index contributed by atoms with van der Waals surface area (Å²) in [7, 11) is 0. The summed E-state index contributed by atoms with van der Waals surface area (Å²) >= 11 is 0. The number of nitrogens with one attached hydrogen (secondary N) is 1. The minimum Gasteiger partial charge on any atom is -0.350 e. The van der Waals surface area contributed by atoms with Crippen LogP contribution in [-0.2, 0) is 24.2 Å². The number of carbonyl (C=O) groups is 1. The Balaban J connectivity index is 1.64. The number of aromatic nitrogens is 3. The summed E-state index contributed by atoms with van der Waals surface area (Å²) in [4.78, 5) is 16.1. The van der Waals surface area contributed by atoms with Crippen LogP contribution in [0.3, 0.4) is 0 Å². The van der Waals surface area contributed by atoms with Crippen LogP contribution >= 0.6 is 0 Å². The van der Waals surface area contributed by atoms with Gasteiger partial charge in [0.05, 0.1) is 0 Å². The number of unbranched alkanes of at least 4 members (excludes halogenated alkanes) is 2. The molecule has 2 aromatic rings. The van der Waals surface area contributed by atoms with Crippen molar-refractivity contribution >= 4 is 5.91 Å². The number of nitrogens with zero attached hydrogens (tertiary/aromatic N) is 3. The second-order valence-corrected chi connectivity index (χ2v) is 5.75. The van der Waals surface area contributed by atoms with Gasteiger partial charge >= 0.3 is 0 Å². The molecule has 0 aliphatic heterocycles. The highest BCUT2D eigenvalue weighted by molar-refractivity contribution is 5.76. The Morgan fingerprint density at radius 3 is 2.79 bits per heavy atom. The van der Waals surface area contributed by atoms with Crippen molar-refractivity contribution in [1.29, 1.82) is 0 Å². The number of carbonyl (C=O) groups excluding carboxylic acids is 1. The van der Waals surface area contributed by atoms with Crippen LogP contribution in [0, 0.1) is 6.54 Å². The van der Waals surface area contributed by atoms with Gasteiger partial charge in [-0.1, -0.05) is 36.8 Å². The first-order chi connectivity index (χ1) is 11.8. The van der Waals surface area contributed by atoms with Gasteiger partial charge in [-0.25, -0.2) is 9.67 Å². The molecule has 1 radical (unpaired) electrons. The molecule has 1 aromatic carbocycles. The van der Waals surface area contributed by atoms with E-state index in [4.69, 9.17) is 5.73 Å². The molecular weight excluding hydrogens is 302 g/mol. The summed E-state index contributed by atoms with van der Waals surface area (Å²) in [5.74, 6) is 0.703. The zero-order chi connectivity index (χ0) is 17.0. The average molecular weight is 328 g/mol. The predicted molar refractivity (Wildman–Crippen MR) is 93.8 cm³/mol. The summed E-state index contributed by atoms with van der Waals surface area (Å²) in [5, 5.41) is 7.12. The monoisotopic (exact) mass is 328 g/mol. The molecule has 0 fully saturated rings. The Labute approximate surface area is 143 Å². The van der Waals surface area contributed by atoms with E-state index in [0.717, 1.165) is 44.3 Å². The highest BCUT2D eigenvalue weighted by Gasteiger charge is 2.06. The largest absolute Gasteiger partial charge is 0.350 e. The van der Waals surface area contributed by atoms with Gasteiger partial charge in [-0.05, 0) is 37.8 Å². The van der Waals surface area contributed by atoms with Crippen molar-refractivity contribution in [2.45, 2.75) is 45.1 Å². The molecule has 0 spiro atoms. The van der Waals surface area contributed by atoms with E-state index in [0.29, 0.717) is 6.54 Å². The Morgan fingerprint density at radius 2 is 2.00 bits per heavy atom. The van der Waals surface area contributed by atoms with Crippen LogP contribution in [0.15, 0.2) is 36.7 Å². The lowest BCUT2D eigenvalue weighted by Gasteiger charge is -2.04. The van der Waals surface area contributed by atoms with Crippen molar-refractivity contribution < 1.29 is 4.79 Å². The van der Waals surface area contributed by atoms with Crippen LogP contribution in [0.5, 0.6) is 0 Å². The highest BCUT2D eigenvalue weighted by Crippen LogP contribution is 2.05. The molecule has 2 rings (SSSR count). The fourth-order valence-corrected chi connectivity index (χ4v) is 2.39. The molecule has 0 unspecified atom stereocenters. The second kappa shape index (κ2) is 10.5. The number of rotatable bonds is 11. The highest BCUT2D eigenvalue weighted by atomic mass is 16.2. The SMILES string of the molecule is NCCCC[CH]NC(=O)Cn1cnc(CCCc2ccccc2)n1. The van der Waals surface area contributed by atoms with Gasteiger partial charge in [0.15, 0.2) is 5.82 Å². The van der Waals surface area contributed by atoms with Crippen molar-refractivity contribution in [3.05, 3.63) is 54.6 Å². The van der Waals surface area contributed by atoms with Gasteiger partial charge in [-0.15, -0.1) is 0 Å². The molecule has 6 nitrogen and oxygen atoms in total. The third-order valence-corrected chi connectivity index (χ3v) is 3.66. The molecule has 3 N–H and O–H groups in total. The number of hydrogen-bond donors (Lipinski definition) is 2. The van der Waals surface area contributed by atoms with Crippen molar-refractivity contribution in [2.24, 2.45) is 5.73 Å². The molecule has 1 amide bonds. The minimum atomic E-state index is -0.0801. The molecule has 0 aliphatic rings. The Hall–Kier alpha value is -2.21. The van der Waals surface area contributed by atoms with E-state index >= 15 is 0 Å². The lowest BCUT2D eigenvalue weighted by atomic mass is 10.1. The Kier molecular flexibility index (Phi) is 7.97. The minimum absolute atomic E-state index is 0.0801. The summed E-state index contributed by atoms with van der Waals surface area (Å²) < 4.78 is 1.58. The summed E-state index contributed by atoms with van der Waals surface area (Å²) in [6, 6.07) is 10.4. The van der Waals surface area contributed by atoms with E-state index in [1.807, 2.05) is 18.2 Å². The summed E-state index contributed by atoms with van der Waals surface area (Å²) in [6.45, 7) is 2.67. The standard InChI is InChI=1S/C18H26N5O/c19-12-5-2-6-13-20-18(24)14-23-15-21-17(22-23)11-7-10-16-8-3-1-4-9-16/h1,3-4,8-9,13,15H,2,5-7,10-12,14,19H2,(H,20,24). The van der Waals surface area contributed by atoms with Crippen molar-refractivity contribution in [3.8, 4) is 0 Å². The quantitative estimate of drug-likeness (QED) is 0.617. The molecular formula is C18H26N5O. The lowest BCUT2D eigenvalue weighted by Crippen LogP contribution is -2.25. The van der Waals surface area contributed by atoms with Gasteiger partial charge in [0.2, 0.25) is 5.91 Å². The maximum atomic E-state index is 11.8. The number of nitrogens with two attached hydrogens (primary N) is 1. The van der Waals surface area contributed by atoms with Crippen LogP contribution in [-0.4, -0.2) is 27.2 Å². The van der Waals surface area contributed by atoms with E-state index in [1.54, 1.807) is 17.6 Å². The number of amides is 1. The van der Waals surface area contributed by atoms with E-state index in [9.17, 15) is 4.79 Å². The van der Waals surface area contributed by atoms with Gasteiger partial charge in [0.25, 0.3) is 0 Å². The van der Waals surface area contributed by atoms with Crippen LogP contribution < -0.4 is 11.1 Å². The zero-order valence-electron chi connectivity index (χ0n) is 14.0. The van der Waals surface area contributed by atoms with E-state index < -0.39 is 0 Å². The predicted octanol–water partition coefficient (Wildman–Crippen LogP) is 1.86. The topological polar surface area (TPSA) is 85.8 Å². The third kappa shape index (κ3) is 6.91. The first-order valence-electron chi connectivity index (χ1n) is 8.51. The molecule has 24 heavy (non-hydrogen) atoms. The first kappa shape index (κ1) is 18.1. The smallest absolute Gasteiger partial charge is 0.242 e. The van der Waals surface area contributed by atoms with E-state index in [-0.39, 0.29) is 12.5 Å². The molecule has 0 saturated heterocycles. The fourth-order valence-electron chi connectivity index (χ4n) is 2.39. The van der Waals surface area contributed by atoms with Crippen molar-refractivity contribution in [1.82, 2.24) is 20.1 Å². The van der Waals surface area contributed by atoms with Crippen LogP contribution in [0.2, 0.25) is 0 Å². The summed E-state index contributed by atoms with van der Waals surface area (Å²) in [5.41, 5.74) is 6.74. The van der Waals surface area contributed by atoms with Gasteiger partial charge in [0, 0.05) is 13.0 Å². The van der Waals surface area contributed by atoms with Gasteiger partial charge in [-0.2, -0.15) is 5.10 Å². The molecule has 1 heterocycles. The van der Waals surface area contributed by atoms with E-state index in [2.05, 4.69) is 27.5 Å². The molecule has 129 valence electrons.